The summed E-state index contributed by atoms with van der Waals surface area (Å²) >= 11 is 0. The van der Waals surface area contributed by atoms with Gasteiger partial charge in [-0.2, -0.15) is 0 Å². The first kappa shape index (κ1) is 18.6. The molecule has 1 N–H and O–H groups in total. The van der Waals surface area contributed by atoms with E-state index < -0.39 is 0 Å². The summed E-state index contributed by atoms with van der Waals surface area (Å²) in [5, 5.41) is 3.30. The summed E-state index contributed by atoms with van der Waals surface area (Å²) < 4.78 is 31.3. The number of nitrogens with one attached hydrogen (secondary N) is 1. The topological polar surface area (TPSA) is 57.5 Å². The van der Waals surface area contributed by atoms with Crippen molar-refractivity contribution in [3.63, 3.8) is 0 Å². The molecule has 142 valence electrons. The zero-order valence-electron chi connectivity index (χ0n) is 15.7. The standard InChI is InChI=1S/C20H22FN3O3/c1-24-16(13-5-8-15(21)9-6-13)12-23-20(24)22-11-14-7-10-17(25-2)19(27-4)18(14)26-3/h5-10,12H,11H2,1-4H3,(H,22,23). The Morgan fingerprint density at radius 3 is 2.30 bits per heavy atom. The molecule has 0 saturated carbocycles. The lowest BCUT2D eigenvalue weighted by atomic mass is 10.1. The first-order valence-electron chi connectivity index (χ1n) is 8.38. The summed E-state index contributed by atoms with van der Waals surface area (Å²) in [5.41, 5.74) is 2.68. The Balaban J connectivity index is 1.83. The van der Waals surface area contributed by atoms with Crippen molar-refractivity contribution in [2.75, 3.05) is 26.6 Å². The van der Waals surface area contributed by atoms with Crippen LogP contribution in [0.2, 0.25) is 0 Å². The largest absolute Gasteiger partial charge is 0.493 e. The lowest BCUT2D eigenvalue weighted by Gasteiger charge is -2.16. The number of hydrogen-bond donors (Lipinski definition) is 1. The average Bonchev–Trinajstić information content (AvgIpc) is 3.06. The Labute approximate surface area is 157 Å². The molecule has 0 aliphatic heterocycles. The molecule has 0 bridgehead atoms. The van der Waals surface area contributed by atoms with E-state index in [1.165, 1.54) is 12.1 Å². The van der Waals surface area contributed by atoms with E-state index in [1.807, 2.05) is 23.7 Å². The van der Waals surface area contributed by atoms with Gasteiger partial charge < -0.3 is 24.1 Å². The molecular weight excluding hydrogens is 349 g/mol. The van der Waals surface area contributed by atoms with E-state index in [2.05, 4.69) is 10.3 Å². The van der Waals surface area contributed by atoms with Crippen LogP contribution in [0.5, 0.6) is 17.2 Å². The number of imidazole rings is 1. The Bertz CT molecular complexity index is 923. The van der Waals surface area contributed by atoms with Gasteiger partial charge >= 0.3 is 0 Å². The molecule has 0 saturated heterocycles. The third kappa shape index (κ3) is 3.67. The molecule has 0 unspecified atom stereocenters. The Morgan fingerprint density at radius 1 is 0.963 bits per heavy atom. The van der Waals surface area contributed by atoms with Gasteiger partial charge in [0.05, 0.1) is 33.2 Å². The monoisotopic (exact) mass is 371 g/mol. The van der Waals surface area contributed by atoms with Crippen LogP contribution in [0, 0.1) is 5.82 Å². The van der Waals surface area contributed by atoms with E-state index in [1.54, 1.807) is 39.7 Å². The molecule has 0 fully saturated rings. The van der Waals surface area contributed by atoms with Crippen LogP contribution in [-0.2, 0) is 13.6 Å². The minimum absolute atomic E-state index is 0.264. The number of rotatable bonds is 7. The number of halogens is 1. The number of hydrogen-bond acceptors (Lipinski definition) is 5. The van der Waals surface area contributed by atoms with Crippen molar-refractivity contribution < 1.29 is 18.6 Å². The zero-order valence-corrected chi connectivity index (χ0v) is 15.7. The van der Waals surface area contributed by atoms with Crippen LogP contribution in [0.1, 0.15) is 5.56 Å². The molecule has 3 rings (SSSR count). The Morgan fingerprint density at radius 2 is 1.67 bits per heavy atom. The van der Waals surface area contributed by atoms with Gasteiger partial charge in [0.2, 0.25) is 11.7 Å². The third-order valence-corrected chi connectivity index (χ3v) is 4.35. The fourth-order valence-corrected chi connectivity index (χ4v) is 2.94. The summed E-state index contributed by atoms with van der Waals surface area (Å²) in [7, 11) is 6.65. The summed E-state index contributed by atoms with van der Waals surface area (Å²) in [5.74, 6) is 2.18. The molecular formula is C20H22FN3O3. The number of aromatic nitrogens is 2. The van der Waals surface area contributed by atoms with Gasteiger partial charge in [0.1, 0.15) is 5.82 Å². The van der Waals surface area contributed by atoms with E-state index in [0.29, 0.717) is 29.7 Å². The van der Waals surface area contributed by atoms with Gasteiger partial charge in [0, 0.05) is 24.7 Å². The highest BCUT2D eigenvalue weighted by Gasteiger charge is 2.16. The zero-order chi connectivity index (χ0) is 19.4. The highest BCUT2D eigenvalue weighted by atomic mass is 19.1. The highest BCUT2D eigenvalue weighted by Crippen LogP contribution is 2.40. The third-order valence-electron chi connectivity index (χ3n) is 4.35. The van der Waals surface area contributed by atoms with Gasteiger partial charge in [-0.05, 0) is 36.4 Å². The van der Waals surface area contributed by atoms with Crippen LogP contribution in [0.4, 0.5) is 10.3 Å². The molecule has 3 aromatic rings. The van der Waals surface area contributed by atoms with Crippen LogP contribution < -0.4 is 19.5 Å². The lowest BCUT2D eigenvalue weighted by molar-refractivity contribution is 0.322. The van der Waals surface area contributed by atoms with Crippen molar-refractivity contribution in [1.29, 1.82) is 0 Å². The van der Waals surface area contributed by atoms with Crippen LogP contribution in [0.15, 0.2) is 42.6 Å². The molecule has 0 aliphatic carbocycles. The average molecular weight is 371 g/mol. The number of anilines is 1. The molecule has 0 radical (unpaired) electrons. The first-order chi connectivity index (χ1) is 13.1. The van der Waals surface area contributed by atoms with E-state index in [9.17, 15) is 4.39 Å². The van der Waals surface area contributed by atoms with Crippen LogP contribution in [0.25, 0.3) is 11.3 Å². The van der Waals surface area contributed by atoms with Crippen molar-refractivity contribution in [2.45, 2.75) is 6.54 Å². The summed E-state index contributed by atoms with van der Waals surface area (Å²) in [4.78, 5) is 4.42. The van der Waals surface area contributed by atoms with Gasteiger partial charge in [-0.15, -0.1) is 0 Å². The van der Waals surface area contributed by atoms with Gasteiger partial charge in [0.25, 0.3) is 0 Å². The minimum Gasteiger partial charge on any atom is -0.493 e. The molecule has 0 atom stereocenters. The van der Waals surface area contributed by atoms with Crippen LogP contribution >= 0.6 is 0 Å². The molecule has 6 nitrogen and oxygen atoms in total. The molecule has 27 heavy (non-hydrogen) atoms. The van der Waals surface area contributed by atoms with Crippen LogP contribution in [-0.4, -0.2) is 30.9 Å². The van der Waals surface area contributed by atoms with Gasteiger partial charge in [-0.25, -0.2) is 9.37 Å². The molecule has 1 heterocycles. The van der Waals surface area contributed by atoms with Gasteiger partial charge in [-0.1, -0.05) is 0 Å². The second kappa shape index (κ2) is 7.99. The molecule has 0 amide bonds. The van der Waals surface area contributed by atoms with E-state index >= 15 is 0 Å². The summed E-state index contributed by atoms with van der Waals surface area (Å²) in [6.07, 6.45) is 1.75. The van der Waals surface area contributed by atoms with E-state index in [0.717, 1.165) is 16.8 Å². The second-order valence-corrected chi connectivity index (χ2v) is 5.88. The smallest absolute Gasteiger partial charge is 0.203 e. The number of benzene rings is 2. The second-order valence-electron chi connectivity index (χ2n) is 5.88. The Hall–Kier alpha value is -3.22. The van der Waals surface area contributed by atoms with Crippen molar-refractivity contribution in [3.8, 4) is 28.5 Å². The van der Waals surface area contributed by atoms with Crippen molar-refractivity contribution in [3.05, 3.63) is 54.0 Å². The SMILES string of the molecule is COc1ccc(CNc2ncc(-c3ccc(F)cc3)n2C)c(OC)c1OC. The maximum atomic E-state index is 13.1. The summed E-state index contributed by atoms with van der Waals surface area (Å²) in [6.45, 7) is 0.483. The first-order valence-corrected chi connectivity index (χ1v) is 8.38. The number of nitrogens with zero attached hydrogens (tertiary/aromatic N) is 2. The fourth-order valence-electron chi connectivity index (χ4n) is 2.94. The minimum atomic E-state index is -0.264. The predicted octanol–water partition coefficient (Wildman–Crippen LogP) is 3.86. The molecule has 0 aliphatic rings. The number of ether oxygens (including phenoxy) is 3. The highest BCUT2D eigenvalue weighted by molar-refractivity contribution is 5.62. The fraction of sp³-hybridized carbons (Fsp3) is 0.250. The molecule has 1 aromatic heterocycles. The molecule has 7 heteroatoms. The van der Waals surface area contributed by atoms with Crippen molar-refractivity contribution in [2.24, 2.45) is 7.05 Å². The predicted molar refractivity (Wildman–Crippen MR) is 102 cm³/mol. The summed E-state index contributed by atoms with van der Waals surface area (Å²) in [6, 6.07) is 10.1. The van der Waals surface area contributed by atoms with E-state index in [-0.39, 0.29) is 5.82 Å². The van der Waals surface area contributed by atoms with Gasteiger partial charge in [0.15, 0.2) is 11.5 Å². The maximum Gasteiger partial charge on any atom is 0.203 e. The quantitative estimate of drug-likeness (QED) is 0.683. The molecule has 0 spiro atoms. The lowest BCUT2D eigenvalue weighted by Crippen LogP contribution is -2.07. The van der Waals surface area contributed by atoms with E-state index in [4.69, 9.17) is 14.2 Å². The normalized spacial score (nSPS) is 10.6. The Kier molecular flexibility index (Phi) is 5.49. The van der Waals surface area contributed by atoms with Crippen molar-refractivity contribution in [1.82, 2.24) is 9.55 Å². The molecule has 2 aromatic carbocycles. The van der Waals surface area contributed by atoms with Crippen LogP contribution in [0.3, 0.4) is 0 Å². The maximum absolute atomic E-state index is 13.1. The van der Waals surface area contributed by atoms with Gasteiger partial charge in [-0.3, -0.25) is 0 Å². The number of methoxy groups -OCH3 is 3. The van der Waals surface area contributed by atoms with Crippen molar-refractivity contribution >= 4 is 5.95 Å².